The zero-order valence-corrected chi connectivity index (χ0v) is 20.9. The molecule has 2 saturated heterocycles. The van der Waals surface area contributed by atoms with Crippen LogP contribution in [0.5, 0.6) is 0 Å². The summed E-state index contributed by atoms with van der Waals surface area (Å²) in [6, 6.07) is 8.82. The Morgan fingerprint density at radius 1 is 1.09 bits per heavy atom. The van der Waals surface area contributed by atoms with Gasteiger partial charge in [0.1, 0.15) is 11.4 Å². The number of amides is 4. The average molecular weight is 476 g/mol. The minimum absolute atomic E-state index is 0.0167. The lowest BCUT2D eigenvalue weighted by Crippen LogP contribution is -2.67. The van der Waals surface area contributed by atoms with Crippen molar-refractivity contribution in [1.29, 1.82) is 0 Å². The first-order chi connectivity index (χ1) is 16.7. The van der Waals surface area contributed by atoms with E-state index in [0.717, 1.165) is 49.3 Å². The molecule has 2 N–H and O–H groups in total. The molecule has 1 spiro atoms. The van der Waals surface area contributed by atoms with E-state index in [4.69, 9.17) is 4.98 Å². The van der Waals surface area contributed by atoms with Gasteiger partial charge in [-0.25, -0.2) is 9.78 Å². The molecule has 0 radical (unpaired) electrons. The number of aromatic nitrogens is 1. The van der Waals surface area contributed by atoms with Crippen molar-refractivity contribution in [3.63, 3.8) is 0 Å². The maximum Gasteiger partial charge on any atom is 0.322 e. The molecular formula is C27H33N5O3. The van der Waals surface area contributed by atoms with Gasteiger partial charge in [0.25, 0.3) is 11.8 Å². The minimum Gasteiger partial charge on any atom is -0.352 e. The van der Waals surface area contributed by atoms with Crippen LogP contribution in [-0.2, 0) is 10.3 Å². The summed E-state index contributed by atoms with van der Waals surface area (Å²) in [6.45, 7) is 10.1. The Balaban J connectivity index is 1.38. The standard InChI is InChI=1S/C27H33N5O3/c1-17(2)27(24(34)29-25(35)30-27)21-8-6-20(7-9-21)23(33)32-13-12-31(16-26(32)10-5-11-26)22-19(4)14-18(3)15-28-22/h6-9,14-15,17H,5,10-13,16H2,1-4H3,(H2,29,30,34,35)/t27-/m1/s1. The summed E-state index contributed by atoms with van der Waals surface area (Å²) in [5.74, 6) is 0.513. The summed E-state index contributed by atoms with van der Waals surface area (Å²) in [7, 11) is 0. The van der Waals surface area contributed by atoms with Gasteiger partial charge in [-0.05, 0) is 67.9 Å². The number of imide groups is 1. The van der Waals surface area contributed by atoms with Gasteiger partial charge in [-0.1, -0.05) is 32.0 Å². The number of nitrogens with zero attached hydrogens (tertiary/aromatic N) is 3. The van der Waals surface area contributed by atoms with Gasteiger partial charge in [-0.15, -0.1) is 0 Å². The Bertz CT molecular complexity index is 1190. The fourth-order valence-corrected chi connectivity index (χ4v) is 5.97. The Labute approximate surface area is 206 Å². The summed E-state index contributed by atoms with van der Waals surface area (Å²) < 4.78 is 0. The number of carbonyl (C=O) groups excluding carboxylic acids is 3. The Morgan fingerprint density at radius 3 is 2.34 bits per heavy atom. The Hall–Kier alpha value is -3.42. The number of aryl methyl sites for hydroxylation is 2. The number of piperazine rings is 1. The fraction of sp³-hybridized carbons (Fsp3) is 0.481. The number of urea groups is 1. The van der Waals surface area contributed by atoms with Crippen LogP contribution >= 0.6 is 0 Å². The predicted molar refractivity (Wildman–Crippen MR) is 133 cm³/mol. The van der Waals surface area contributed by atoms with Crippen molar-refractivity contribution in [1.82, 2.24) is 20.5 Å². The van der Waals surface area contributed by atoms with Crippen LogP contribution in [0.1, 0.15) is 60.2 Å². The van der Waals surface area contributed by atoms with Crippen molar-refractivity contribution in [2.45, 2.75) is 58.0 Å². The van der Waals surface area contributed by atoms with Gasteiger partial charge in [0.2, 0.25) is 0 Å². The van der Waals surface area contributed by atoms with Gasteiger partial charge < -0.3 is 15.1 Å². The van der Waals surface area contributed by atoms with E-state index in [0.29, 0.717) is 17.7 Å². The van der Waals surface area contributed by atoms with Crippen molar-refractivity contribution in [3.8, 4) is 0 Å². The lowest BCUT2D eigenvalue weighted by Gasteiger charge is -2.56. The maximum atomic E-state index is 13.7. The van der Waals surface area contributed by atoms with Crippen LogP contribution in [0.25, 0.3) is 0 Å². The highest BCUT2D eigenvalue weighted by Crippen LogP contribution is 2.42. The Kier molecular flexibility index (Phi) is 5.57. The molecule has 8 nitrogen and oxygen atoms in total. The summed E-state index contributed by atoms with van der Waals surface area (Å²) in [6.07, 6.45) is 5.00. The molecule has 0 bridgehead atoms. The van der Waals surface area contributed by atoms with Gasteiger partial charge >= 0.3 is 6.03 Å². The zero-order chi connectivity index (χ0) is 25.0. The van der Waals surface area contributed by atoms with Crippen LogP contribution in [-0.4, -0.2) is 52.9 Å². The van der Waals surface area contributed by atoms with Gasteiger partial charge in [0.15, 0.2) is 0 Å². The normalized spacial score (nSPS) is 23.3. The third-order valence-corrected chi connectivity index (χ3v) is 8.02. The topological polar surface area (TPSA) is 94.6 Å². The number of pyridine rings is 1. The molecule has 1 aromatic heterocycles. The van der Waals surface area contributed by atoms with E-state index in [2.05, 4.69) is 35.4 Å². The molecule has 3 aliphatic rings. The third kappa shape index (κ3) is 3.66. The summed E-state index contributed by atoms with van der Waals surface area (Å²) in [5.41, 5.74) is 2.29. The molecular weight excluding hydrogens is 442 g/mol. The van der Waals surface area contributed by atoms with E-state index in [1.54, 1.807) is 24.3 Å². The van der Waals surface area contributed by atoms with Gasteiger partial charge in [-0.3, -0.25) is 14.9 Å². The summed E-state index contributed by atoms with van der Waals surface area (Å²) >= 11 is 0. The molecule has 1 saturated carbocycles. The van der Waals surface area contributed by atoms with E-state index >= 15 is 0 Å². The Morgan fingerprint density at radius 2 is 1.80 bits per heavy atom. The maximum absolute atomic E-state index is 13.7. The average Bonchev–Trinajstić information content (AvgIpc) is 3.12. The highest BCUT2D eigenvalue weighted by atomic mass is 16.2. The number of hydrogen-bond acceptors (Lipinski definition) is 5. The first-order valence-electron chi connectivity index (χ1n) is 12.4. The molecule has 3 fully saturated rings. The van der Waals surface area contributed by atoms with Crippen LogP contribution in [0.2, 0.25) is 0 Å². The second-order valence-electron chi connectivity index (χ2n) is 10.6. The minimum atomic E-state index is -1.13. The van der Waals surface area contributed by atoms with Gasteiger partial charge in [0, 0.05) is 31.4 Å². The molecule has 0 unspecified atom stereocenters. The molecule has 35 heavy (non-hydrogen) atoms. The highest BCUT2D eigenvalue weighted by Gasteiger charge is 2.51. The molecule has 2 aliphatic heterocycles. The molecule has 2 aromatic rings. The van der Waals surface area contributed by atoms with Gasteiger partial charge in [-0.2, -0.15) is 0 Å². The van der Waals surface area contributed by atoms with Crippen LogP contribution in [0.3, 0.4) is 0 Å². The lowest BCUT2D eigenvalue weighted by atomic mass is 9.73. The molecule has 1 aromatic carbocycles. The number of anilines is 1. The van der Waals surface area contributed by atoms with E-state index in [1.807, 2.05) is 24.9 Å². The lowest BCUT2D eigenvalue weighted by molar-refractivity contribution is -0.125. The smallest absolute Gasteiger partial charge is 0.322 e. The van der Waals surface area contributed by atoms with E-state index in [9.17, 15) is 14.4 Å². The number of rotatable bonds is 4. The molecule has 5 rings (SSSR count). The van der Waals surface area contributed by atoms with Crippen LogP contribution in [0.4, 0.5) is 10.6 Å². The fourth-order valence-electron chi connectivity index (χ4n) is 5.97. The molecule has 1 aliphatic carbocycles. The van der Waals surface area contributed by atoms with E-state index in [1.165, 1.54) is 0 Å². The van der Waals surface area contributed by atoms with Crippen molar-refractivity contribution in [2.24, 2.45) is 5.92 Å². The third-order valence-electron chi connectivity index (χ3n) is 8.02. The number of benzene rings is 1. The van der Waals surface area contributed by atoms with Crippen molar-refractivity contribution in [3.05, 3.63) is 58.8 Å². The second-order valence-corrected chi connectivity index (χ2v) is 10.6. The molecule has 1 atom stereocenters. The van der Waals surface area contributed by atoms with Gasteiger partial charge in [0.05, 0.1) is 5.54 Å². The van der Waals surface area contributed by atoms with E-state index in [-0.39, 0.29) is 23.3 Å². The van der Waals surface area contributed by atoms with Crippen molar-refractivity contribution >= 4 is 23.7 Å². The van der Waals surface area contributed by atoms with Crippen LogP contribution < -0.4 is 15.5 Å². The second kappa shape index (κ2) is 8.36. The number of hydrogen-bond donors (Lipinski definition) is 2. The monoisotopic (exact) mass is 475 g/mol. The number of nitrogens with one attached hydrogen (secondary N) is 2. The molecule has 8 heteroatoms. The van der Waals surface area contributed by atoms with Crippen LogP contribution in [0, 0.1) is 19.8 Å². The van der Waals surface area contributed by atoms with E-state index < -0.39 is 11.6 Å². The summed E-state index contributed by atoms with van der Waals surface area (Å²) in [4.78, 5) is 47.3. The highest BCUT2D eigenvalue weighted by molar-refractivity contribution is 6.07. The SMILES string of the molecule is Cc1cnc(N2CCN(C(=O)c3ccc([C@@]4(C(C)C)NC(=O)NC4=O)cc3)C3(CCC3)C2)c(C)c1. The molecule has 184 valence electrons. The first-order valence-corrected chi connectivity index (χ1v) is 12.4. The van der Waals surface area contributed by atoms with Crippen molar-refractivity contribution < 1.29 is 14.4 Å². The zero-order valence-electron chi connectivity index (χ0n) is 20.9. The molecule has 4 amide bonds. The summed E-state index contributed by atoms with van der Waals surface area (Å²) in [5, 5.41) is 5.15. The quantitative estimate of drug-likeness (QED) is 0.662. The predicted octanol–water partition coefficient (Wildman–Crippen LogP) is 3.27. The van der Waals surface area contributed by atoms with Crippen molar-refractivity contribution in [2.75, 3.05) is 24.5 Å². The number of carbonyl (C=O) groups is 3. The first kappa shape index (κ1) is 23.3. The molecule has 3 heterocycles. The largest absolute Gasteiger partial charge is 0.352 e. The van der Waals surface area contributed by atoms with Crippen LogP contribution in [0.15, 0.2) is 36.5 Å².